The van der Waals surface area contributed by atoms with E-state index in [9.17, 15) is 4.79 Å². The van der Waals surface area contributed by atoms with Gasteiger partial charge in [-0.3, -0.25) is 9.80 Å². The normalized spacial score (nSPS) is 21.4. The van der Waals surface area contributed by atoms with Crippen LogP contribution in [0.25, 0.3) is 22.1 Å². The summed E-state index contributed by atoms with van der Waals surface area (Å²) in [6, 6.07) is 14.4. The first-order valence-corrected chi connectivity index (χ1v) is 20.2. The Labute approximate surface area is 328 Å². The molecule has 1 aromatic heterocycles. The van der Waals surface area contributed by atoms with Crippen molar-refractivity contribution in [2.75, 3.05) is 80.7 Å². The van der Waals surface area contributed by atoms with E-state index in [2.05, 4.69) is 76.6 Å². The monoisotopic (exact) mass is 759 g/mol. The predicted octanol–water partition coefficient (Wildman–Crippen LogP) is 7.34. The number of piperazine rings is 1. The van der Waals surface area contributed by atoms with Gasteiger partial charge in [-0.15, -0.1) is 0 Å². The van der Waals surface area contributed by atoms with Crippen LogP contribution in [0, 0.1) is 0 Å². The number of nitrogens with one attached hydrogen (secondary N) is 1. The summed E-state index contributed by atoms with van der Waals surface area (Å²) in [5.41, 5.74) is 9.07. The van der Waals surface area contributed by atoms with Crippen LogP contribution in [0.15, 0.2) is 81.0 Å². The molecule has 12 bridgehead atoms. The molecule has 2 unspecified atom stereocenters. The third kappa shape index (κ3) is 7.12. The van der Waals surface area contributed by atoms with Crippen molar-refractivity contribution in [1.82, 2.24) is 24.9 Å². The molecule has 56 heavy (non-hydrogen) atoms. The Bertz CT molecular complexity index is 2260. The Morgan fingerprint density at radius 1 is 0.821 bits per heavy atom. The van der Waals surface area contributed by atoms with Crippen molar-refractivity contribution in [3.05, 3.63) is 100 Å². The summed E-state index contributed by atoms with van der Waals surface area (Å²) >= 11 is 0. The Morgan fingerprint density at radius 3 is 2.46 bits per heavy atom. The van der Waals surface area contributed by atoms with Gasteiger partial charge in [0, 0.05) is 70.2 Å². The summed E-state index contributed by atoms with van der Waals surface area (Å²) in [7, 11) is 7.77. The van der Waals surface area contributed by atoms with Crippen molar-refractivity contribution in [3.8, 4) is 17.2 Å². The van der Waals surface area contributed by atoms with Crippen LogP contribution in [-0.4, -0.2) is 106 Å². The molecule has 3 aromatic carbocycles. The van der Waals surface area contributed by atoms with Gasteiger partial charge in [0.05, 0.1) is 26.5 Å². The molecule has 0 saturated carbocycles. The van der Waals surface area contributed by atoms with Gasteiger partial charge in [0.25, 0.3) is 0 Å². The number of amides is 2. The number of nitrogens with zero attached hydrogens (tertiary/aromatic N) is 4. The fraction of sp³-hybridized carbons (Fsp3) is 0.444. The zero-order valence-corrected chi connectivity index (χ0v) is 33.1. The number of benzene rings is 3. The van der Waals surface area contributed by atoms with Gasteiger partial charge in [-0.1, -0.05) is 17.7 Å². The summed E-state index contributed by atoms with van der Waals surface area (Å²) in [4.78, 5) is 23.4. The quantitative estimate of drug-likeness (QED) is 0.225. The maximum atomic E-state index is 14.1. The number of urea groups is 1. The lowest BCUT2D eigenvalue weighted by molar-refractivity contribution is 0.148. The van der Waals surface area contributed by atoms with E-state index in [4.69, 9.17) is 23.0 Å². The Kier molecular flexibility index (Phi) is 10.2. The number of rotatable bonds is 5. The molecule has 2 amide bonds. The van der Waals surface area contributed by atoms with E-state index in [-0.39, 0.29) is 18.1 Å². The third-order valence-corrected chi connectivity index (χ3v) is 12.5. The molecule has 1 aliphatic carbocycles. The minimum absolute atomic E-state index is 0.0593. The molecule has 1 fully saturated rings. The number of ether oxygens (including phenoxy) is 3. The molecule has 9 aliphatic rings. The second-order valence-corrected chi connectivity index (χ2v) is 16.0. The SMILES string of the molecule is COc1ccc2cc1OC1=CC=C(CC1)CC1c3c(cc(OC)c4oc5cc6c(cc5occc34)C(C2)N(C(=O)NCCN2CCN(C)CC2)CC6)CCN1C. The average molecular weight is 760 g/mol. The molecular formula is C45H53N5O6. The first-order chi connectivity index (χ1) is 27.3. The predicted molar refractivity (Wildman–Crippen MR) is 217 cm³/mol. The van der Waals surface area contributed by atoms with Crippen LogP contribution in [0.1, 0.15) is 59.2 Å². The van der Waals surface area contributed by atoms with Gasteiger partial charge in [-0.05, 0) is 116 Å². The number of hydrogen-bond acceptors (Lipinski definition) is 9. The Balaban J connectivity index is 1.18. The lowest BCUT2D eigenvalue weighted by Crippen LogP contribution is -2.50. The molecule has 9 heterocycles. The standard InChI is InChI=1S/C45H53N5O6/c1-47-18-20-49(21-19-47)17-14-46-45(51)50-16-12-31-26-41-39-28-35(31)36(50)24-30-7-10-38(52-3)40(25-30)55-33-8-5-29(6-9-33)23-37-43-32(11-15-48(37)2)27-42(53-4)44(56-41)34(43)13-22-54-39/h5,7-8,10,13,22,25-28,36-37H,6,9,11-12,14-21,23-24H2,1-4H3,(H,46,51). The number of carbonyl (C=O) groups excluding carboxylic acids is 1. The molecule has 2 atom stereocenters. The smallest absolute Gasteiger partial charge is 0.317 e. The molecule has 4 aromatic rings. The first kappa shape index (κ1) is 36.7. The van der Waals surface area contributed by atoms with Crippen molar-refractivity contribution < 1.29 is 27.8 Å². The highest BCUT2D eigenvalue weighted by Crippen LogP contribution is 2.44. The molecule has 13 rings (SSSR count). The van der Waals surface area contributed by atoms with Crippen LogP contribution < -0.4 is 19.5 Å². The van der Waals surface area contributed by atoms with Crippen LogP contribution in [0.5, 0.6) is 17.2 Å². The molecule has 1 saturated heterocycles. The summed E-state index contributed by atoms with van der Waals surface area (Å²) in [6.45, 7) is 7.07. The van der Waals surface area contributed by atoms with Gasteiger partial charge >= 0.3 is 6.03 Å². The van der Waals surface area contributed by atoms with Crippen molar-refractivity contribution in [3.63, 3.8) is 0 Å². The second-order valence-electron chi connectivity index (χ2n) is 16.0. The minimum atomic E-state index is -0.262. The zero-order chi connectivity index (χ0) is 38.3. The highest BCUT2D eigenvalue weighted by Gasteiger charge is 2.34. The molecule has 11 heteroatoms. The first-order valence-electron chi connectivity index (χ1n) is 20.2. The molecule has 1 N–H and O–H groups in total. The fourth-order valence-electron chi connectivity index (χ4n) is 9.26. The summed E-state index contributed by atoms with van der Waals surface area (Å²) in [6.07, 6.45) is 10.9. The van der Waals surface area contributed by atoms with Crippen molar-refractivity contribution in [2.24, 2.45) is 0 Å². The maximum absolute atomic E-state index is 14.1. The van der Waals surface area contributed by atoms with Gasteiger partial charge in [-0.25, -0.2) is 4.79 Å². The summed E-state index contributed by atoms with van der Waals surface area (Å²) in [5.74, 6) is 2.99. The zero-order valence-electron chi connectivity index (χ0n) is 33.1. The van der Waals surface area contributed by atoms with E-state index in [1.165, 1.54) is 16.7 Å². The number of carbonyl (C=O) groups is 1. The molecule has 8 aliphatic heterocycles. The van der Waals surface area contributed by atoms with Crippen LogP contribution >= 0.6 is 0 Å². The van der Waals surface area contributed by atoms with Gasteiger partial charge in [-0.2, -0.15) is 0 Å². The van der Waals surface area contributed by atoms with Gasteiger partial charge in [0.1, 0.15) is 5.76 Å². The van der Waals surface area contributed by atoms with E-state index < -0.39 is 0 Å². The van der Waals surface area contributed by atoms with Crippen LogP contribution in [0.4, 0.5) is 4.79 Å². The topological polar surface area (TPSA) is 96.0 Å². The number of likely N-dealkylation sites (N-methyl/N-ethyl adjacent to an activating group) is 2. The van der Waals surface area contributed by atoms with Gasteiger partial charge < -0.3 is 38.2 Å². The van der Waals surface area contributed by atoms with E-state index in [0.717, 1.165) is 92.8 Å². The highest BCUT2D eigenvalue weighted by atomic mass is 16.5. The Morgan fingerprint density at radius 2 is 1.66 bits per heavy atom. The minimum Gasteiger partial charge on any atom is -0.493 e. The van der Waals surface area contributed by atoms with Crippen molar-refractivity contribution >= 4 is 28.2 Å². The highest BCUT2D eigenvalue weighted by molar-refractivity contribution is 5.89. The number of hydrogen-bond donors (Lipinski definition) is 1. The maximum Gasteiger partial charge on any atom is 0.317 e. The average Bonchev–Trinajstić information content (AvgIpc) is 3.20. The van der Waals surface area contributed by atoms with Crippen LogP contribution in [-0.2, 0) is 19.3 Å². The molecular weight excluding hydrogens is 707 g/mol. The van der Waals surface area contributed by atoms with E-state index >= 15 is 0 Å². The molecule has 294 valence electrons. The van der Waals surface area contributed by atoms with E-state index in [1.54, 1.807) is 20.5 Å². The number of methoxy groups -OCH3 is 2. The molecule has 0 radical (unpaired) electrons. The van der Waals surface area contributed by atoms with Crippen LogP contribution in [0.2, 0.25) is 0 Å². The lowest BCUT2D eigenvalue weighted by atomic mass is 9.84. The third-order valence-electron chi connectivity index (χ3n) is 12.5. The summed E-state index contributed by atoms with van der Waals surface area (Å²) < 4.78 is 31.9. The van der Waals surface area contributed by atoms with E-state index in [1.807, 2.05) is 17.0 Å². The lowest BCUT2D eigenvalue weighted by Gasteiger charge is -2.38. The Hall–Kier alpha value is -4.97. The molecule has 0 spiro atoms. The van der Waals surface area contributed by atoms with E-state index in [0.29, 0.717) is 59.9 Å². The summed E-state index contributed by atoms with van der Waals surface area (Å²) in [5, 5.41) is 4.26. The van der Waals surface area contributed by atoms with Crippen molar-refractivity contribution in [1.29, 1.82) is 0 Å². The van der Waals surface area contributed by atoms with Gasteiger partial charge in [0.2, 0.25) is 0 Å². The van der Waals surface area contributed by atoms with Gasteiger partial charge in [0.15, 0.2) is 34.0 Å². The number of allylic oxidation sites excluding steroid dienone is 3. The second kappa shape index (κ2) is 15.5. The molecule has 11 nitrogen and oxygen atoms in total. The van der Waals surface area contributed by atoms with Crippen LogP contribution in [0.3, 0.4) is 0 Å². The largest absolute Gasteiger partial charge is 0.493 e. The fourth-order valence-corrected chi connectivity index (χ4v) is 9.26. The van der Waals surface area contributed by atoms with Crippen molar-refractivity contribution in [2.45, 2.75) is 50.6 Å².